The Morgan fingerprint density at radius 1 is 0.269 bits per heavy atom. The highest BCUT2D eigenvalue weighted by Gasteiger charge is 2.19. The molecule has 6 nitrogen and oxygen atoms in total. The van der Waals surface area contributed by atoms with Crippen LogP contribution in [0.15, 0.2) is 146 Å². The van der Waals surface area contributed by atoms with Gasteiger partial charge < -0.3 is 14.2 Å². The molecule has 0 radical (unpaired) electrons. The summed E-state index contributed by atoms with van der Waals surface area (Å²) >= 11 is 0. The zero-order valence-electron chi connectivity index (χ0n) is 50.4. The van der Waals surface area contributed by atoms with Crippen LogP contribution in [0.2, 0.25) is 0 Å². The molecule has 0 aromatic rings. The Bertz CT molecular complexity index is 1710. The third-order valence-corrected chi connectivity index (χ3v) is 13.1. The summed E-state index contributed by atoms with van der Waals surface area (Å²) in [6, 6.07) is 0. The lowest BCUT2D eigenvalue weighted by Crippen LogP contribution is -2.30. The quantitative estimate of drug-likeness (QED) is 0.0261. The monoisotopic (exact) mass is 1080 g/mol. The van der Waals surface area contributed by atoms with Gasteiger partial charge in [0.25, 0.3) is 0 Å². The van der Waals surface area contributed by atoms with Crippen molar-refractivity contribution in [3.05, 3.63) is 146 Å². The fraction of sp³-hybridized carbons (Fsp3) is 0.625. The fourth-order valence-electron chi connectivity index (χ4n) is 8.35. The molecule has 0 amide bonds. The van der Waals surface area contributed by atoms with Crippen LogP contribution in [0.3, 0.4) is 0 Å². The predicted molar refractivity (Wildman–Crippen MR) is 339 cm³/mol. The van der Waals surface area contributed by atoms with E-state index in [0.29, 0.717) is 19.3 Å². The van der Waals surface area contributed by atoms with Gasteiger partial charge in [-0.05, 0) is 141 Å². The number of ether oxygens (including phenoxy) is 3. The first-order valence-corrected chi connectivity index (χ1v) is 31.8. The number of unbranched alkanes of at least 4 members (excludes halogenated alkanes) is 21. The standard InChI is InChI=1S/C72H116O6/c1-4-7-10-13-16-19-22-25-27-29-30-31-32-33-34-35-36-37-38-39-40-41-42-44-45-47-50-53-56-59-62-65-71(74)77-68-69(67-76-70(73)64-61-58-55-52-49-24-21-18-15-12-9-6-3)78-72(75)66-63-60-57-54-51-48-46-43-28-26-23-20-17-14-11-8-5-2/h7-8,10-11,16-21,25-28,30-31,33-34,36-37,39-40,46,48,69H,4-6,9,12-15,22-24,29,32,35,38,41-45,47,49-68H2,1-3H3/b10-7-,11-8-,19-16-,20-17-,21-18-,27-25-,28-26-,31-30-,34-33-,37-36-,40-39-,48-46-. The minimum Gasteiger partial charge on any atom is -0.462 e. The molecule has 0 aliphatic heterocycles. The van der Waals surface area contributed by atoms with Crippen LogP contribution < -0.4 is 0 Å². The molecule has 0 aliphatic rings. The number of esters is 3. The van der Waals surface area contributed by atoms with Gasteiger partial charge in [-0.1, -0.05) is 256 Å². The van der Waals surface area contributed by atoms with Crippen molar-refractivity contribution in [1.82, 2.24) is 0 Å². The molecule has 78 heavy (non-hydrogen) atoms. The highest BCUT2D eigenvalue weighted by Crippen LogP contribution is 2.14. The highest BCUT2D eigenvalue weighted by atomic mass is 16.6. The molecule has 440 valence electrons. The van der Waals surface area contributed by atoms with Gasteiger partial charge >= 0.3 is 17.9 Å². The van der Waals surface area contributed by atoms with Crippen molar-refractivity contribution in [3.63, 3.8) is 0 Å². The first-order valence-electron chi connectivity index (χ1n) is 31.8. The van der Waals surface area contributed by atoms with E-state index < -0.39 is 6.10 Å². The van der Waals surface area contributed by atoms with E-state index in [-0.39, 0.29) is 31.1 Å². The molecule has 6 heteroatoms. The summed E-state index contributed by atoms with van der Waals surface area (Å²) in [4.78, 5) is 38.2. The molecular weight excluding hydrogens is 961 g/mol. The third kappa shape index (κ3) is 62.1. The molecule has 1 atom stereocenters. The van der Waals surface area contributed by atoms with Crippen molar-refractivity contribution >= 4 is 17.9 Å². The molecule has 0 heterocycles. The van der Waals surface area contributed by atoms with Crippen LogP contribution in [-0.2, 0) is 28.6 Å². The second-order valence-electron chi connectivity index (χ2n) is 20.5. The molecule has 0 saturated heterocycles. The van der Waals surface area contributed by atoms with Crippen molar-refractivity contribution in [2.45, 2.75) is 277 Å². The van der Waals surface area contributed by atoms with E-state index in [1.54, 1.807) is 0 Å². The van der Waals surface area contributed by atoms with Gasteiger partial charge in [0.15, 0.2) is 6.10 Å². The fourth-order valence-corrected chi connectivity index (χ4v) is 8.35. The first kappa shape index (κ1) is 73.3. The lowest BCUT2D eigenvalue weighted by molar-refractivity contribution is -0.167. The first-order chi connectivity index (χ1) is 38.5. The Balaban J connectivity index is 4.32. The summed E-state index contributed by atoms with van der Waals surface area (Å²) in [6.07, 6.45) is 92.8. The molecular formula is C72H116O6. The molecule has 0 aromatic heterocycles. The second-order valence-corrected chi connectivity index (χ2v) is 20.5. The minimum absolute atomic E-state index is 0.0981. The Labute approximate surface area is 480 Å². The molecule has 0 saturated carbocycles. The third-order valence-electron chi connectivity index (χ3n) is 13.1. The van der Waals surface area contributed by atoms with E-state index in [1.165, 1.54) is 70.6 Å². The van der Waals surface area contributed by atoms with Crippen LogP contribution in [0.5, 0.6) is 0 Å². The van der Waals surface area contributed by atoms with E-state index in [0.717, 1.165) is 161 Å². The van der Waals surface area contributed by atoms with Crippen LogP contribution in [-0.4, -0.2) is 37.2 Å². The zero-order valence-corrected chi connectivity index (χ0v) is 50.4. The van der Waals surface area contributed by atoms with Crippen LogP contribution in [0, 0.1) is 0 Å². The van der Waals surface area contributed by atoms with Crippen molar-refractivity contribution < 1.29 is 28.6 Å². The Kier molecular flexibility index (Phi) is 60.9. The molecule has 0 bridgehead atoms. The maximum Gasteiger partial charge on any atom is 0.306 e. The molecule has 0 aliphatic carbocycles. The maximum absolute atomic E-state index is 12.9. The number of hydrogen-bond acceptors (Lipinski definition) is 6. The topological polar surface area (TPSA) is 78.9 Å². The maximum atomic E-state index is 12.9. The van der Waals surface area contributed by atoms with Gasteiger partial charge in [0.05, 0.1) is 0 Å². The van der Waals surface area contributed by atoms with Gasteiger partial charge in [0, 0.05) is 19.3 Å². The summed E-state index contributed by atoms with van der Waals surface area (Å²) in [5.41, 5.74) is 0. The van der Waals surface area contributed by atoms with Gasteiger partial charge in [0.1, 0.15) is 13.2 Å². The van der Waals surface area contributed by atoms with Crippen LogP contribution >= 0.6 is 0 Å². The van der Waals surface area contributed by atoms with Gasteiger partial charge in [-0.3, -0.25) is 14.4 Å². The largest absolute Gasteiger partial charge is 0.462 e. The average molecular weight is 1080 g/mol. The zero-order chi connectivity index (χ0) is 56.4. The summed E-state index contributed by atoms with van der Waals surface area (Å²) in [5.74, 6) is -0.938. The Morgan fingerprint density at radius 2 is 0.500 bits per heavy atom. The summed E-state index contributed by atoms with van der Waals surface area (Å²) in [6.45, 7) is 6.35. The van der Waals surface area contributed by atoms with Crippen molar-refractivity contribution in [2.24, 2.45) is 0 Å². The van der Waals surface area contributed by atoms with E-state index in [1.807, 2.05) is 0 Å². The lowest BCUT2D eigenvalue weighted by Gasteiger charge is -2.18. The SMILES string of the molecule is CC/C=C\C/C=C\C/C=C\C/C=C\C/C=C\C/C=C\C/C=C\CCCCCCCCCCCC(=O)OCC(COC(=O)CCCCCCC/C=C\CCCCC)OC(=O)CCCCCC/C=C\C/C=C\C/C=C\C/C=C\CC. The van der Waals surface area contributed by atoms with E-state index >= 15 is 0 Å². The van der Waals surface area contributed by atoms with Crippen molar-refractivity contribution in [3.8, 4) is 0 Å². The Hall–Kier alpha value is -4.71. The summed E-state index contributed by atoms with van der Waals surface area (Å²) < 4.78 is 16.9. The van der Waals surface area contributed by atoms with E-state index in [9.17, 15) is 14.4 Å². The summed E-state index contributed by atoms with van der Waals surface area (Å²) in [7, 11) is 0. The van der Waals surface area contributed by atoms with Crippen molar-refractivity contribution in [1.29, 1.82) is 0 Å². The molecule has 0 rings (SSSR count). The molecule has 0 aromatic carbocycles. The van der Waals surface area contributed by atoms with Crippen molar-refractivity contribution in [2.75, 3.05) is 13.2 Å². The van der Waals surface area contributed by atoms with E-state index in [2.05, 4.69) is 167 Å². The second kappa shape index (κ2) is 64.8. The average Bonchev–Trinajstić information content (AvgIpc) is 3.44. The van der Waals surface area contributed by atoms with Gasteiger partial charge in [-0.25, -0.2) is 0 Å². The Morgan fingerprint density at radius 3 is 0.795 bits per heavy atom. The molecule has 0 spiro atoms. The molecule has 0 fully saturated rings. The predicted octanol–water partition coefficient (Wildman–Crippen LogP) is 21.9. The number of carbonyl (C=O) groups is 3. The van der Waals surface area contributed by atoms with Gasteiger partial charge in [-0.15, -0.1) is 0 Å². The highest BCUT2D eigenvalue weighted by molar-refractivity contribution is 5.71. The van der Waals surface area contributed by atoms with E-state index in [4.69, 9.17) is 14.2 Å². The smallest absolute Gasteiger partial charge is 0.306 e. The molecule has 0 N–H and O–H groups in total. The number of allylic oxidation sites excluding steroid dienone is 24. The van der Waals surface area contributed by atoms with Crippen LogP contribution in [0.25, 0.3) is 0 Å². The van der Waals surface area contributed by atoms with Gasteiger partial charge in [-0.2, -0.15) is 0 Å². The molecule has 1 unspecified atom stereocenters. The lowest BCUT2D eigenvalue weighted by atomic mass is 10.1. The van der Waals surface area contributed by atoms with Gasteiger partial charge in [0.2, 0.25) is 0 Å². The number of hydrogen-bond donors (Lipinski definition) is 0. The summed E-state index contributed by atoms with van der Waals surface area (Å²) in [5, 5.41) is 0. The minimum atomic E-state index is -0.803. The van der Waals surface area contributed by atoms with Crippen LogP contribution in [0.4, 0.5) is 0 Å². The van der Waals surface area contributed by atoms with Crippen LogP contribution in [0.1, 0.15) is 271 Å². The number of rotatable bonds is 56. The normalized spacial score (nSPS) is 13.1. The number of carbonyl (C=O) groups excluding carboxylic acids is 3.